The van der Waals surface area contributed by atoms with Gasteiger partial charge in [0.2, 0.25) is 0 Å². The SMILES string of the molecule is Cc1occc1C(=O)N(C)[C@@H](Cc1ccccc1)C1CCN(Cc2ccc3c(c2)OCCO3)CC1. The van der Waals surface area contributed by atoms with Crippen molar-refractivity contribution in [1.29, 1.82) is 0 Å². The summed E-state index contributed by atoms with van der Waals surface area (Å²) >= 11 is 0. The Hall–Kier alpha value is -3.25. The normalized spacial score (nSPS) is 17.2. The maximum atomic E-state index is 13.4. The fourth-order valence-electron chi connectivity index (χ4n) is 5.36. The van der Waals surface area contributed by atoms with E-state index in [1.165, 1.54) is 11.1 Å². The molecule has 1 saturated heterocycles. The number of benzene rings is 2. The van der Waals surface area contributed by atoms with Crippen LogP contribution >= 0.6 is 0 Å². The van der Waals surface area contributed by atoms with Gasteiger partial charge < -0.3 is 18.8 Å². The van der Waals surface area contributed by atoms with Crippen LogP contribution < -0.4 is 9.47 Å². The Morgan fingerprint density at radius 1 is 1.00 bits per heavy atom. The van der Waals surface area contributed by atoms with Gasteiger partial charge in [-0.1, -0.05) is 36.4 Å². The minimum atomic E-state index is 0.0379. The predicted octanol–water partition coefficient (Wildman–Crippen LogP) is 4.95. The second-order valence-corrected chi connectivity index (χ2v) is 9.66. The zero-order valence-electron chi connectivity index (χ0n) is 20.6. The van der Waals surface area contributed by atoms with Crippen LogP contribution in [0, 0.1) is 12.8 Å². The van der Waals surface area contributed by atoms with E-state index in [2.05, 4.69) is 41.3 Å². The molecule has 5 rings (SSSR count). The monoisotopic (exact) mass is 474 g/mol. The number of furan rings is 1. The summed E-state index contributed by atoms with van der Waals surface area (Å²) in [6.07, 6.45) is 4.57. The lowest BCUT2D eigenvalue weighted by Gasteiger charge is -2.40. The molecule has 0 unspecified atom stereocenters. The summed E-state index contributed by atoms with van der Waals surface area (Å²) < 4.78 is 16.8. The minimum absolute atomic E-state index is 0.0379. The Morgan fingerprint density at radius 3 is 2.46 bits per heavy atom. The molecule has 3 heterocycles. The van der Waals surface area contributed by atoms with E-state index in [4.69, 9.17) is 13.9 Å². The van der Waals surface area contributed by atoms with Gasteiger partial charge >= 0.3 is 0 Å². The van der Waals surface area contributed by atoms with Gasteiger partial charge in [-0.15, -0.1) is 0 Å². The van der Waals surface area contributed by atoms with Gasteiger partial charge in [-0.05, 0) is 74.5 Å². The third kappa shape index (κ3) is 5.38. The molecule has 0 spiro atoms. The third-order valence-electron chi connectivity index (χ3n) is 7.38. The van der Waals surface area contributed by atoms with Crippen LogP contribution in [0.4, 0.5) is 0 Å². The first-order chi connectivity index (χ1) is 17.1. The first-order valence-electron chi connectivity index (χ1n) is 12.5. The fraction of sp³-hybridized carbons (Fsp3) is 0.414. The molecule has 0 aliphatic carbocycles. The Balaban J connectivity index is 1.26. The van der Waals surface area contributed by atoms with E-state index in [0.717, 1.165) is 50.4 Å². The van der Waals surface area contributed by atoms with Crippen molar-refractivity contribution in [2.24, 2.45) is 5.92 Å². The number of aryl methyl sites for hydroxylation is 1. The molecule has 6 heteroatoms. The molecule has 1 atom stereocenters. The first kappa shape index (κ1) is 23.5. The average Bonchev–Trinajstić information content (AvgIpc) is 3.33. The number of ether oxygens (including phenoxy) is 2. The van der Waals surface area contributed by atoms with Crippen molar-refractivity contribution in [3.05, 3.63) is 83.3 Å². The maximum absolute atomic E-state index is 13.4. The summed E-state index contributed by atoms with van der Waals surface area (Å²) in [5.41, 5.74) is 3.16. The van der Waals surface area contributed by atoms with E-state index in [1.54, 1.807) is 12.3 Å². The van der Waals surface area contributed by atoms with Crippen molar-refractivity contribution >= 4 is 5.91 Å². The Labute approximate surface area is 207 Å². The molecule has 35 heavy (non-hydrogen) atoms. The second-order valence-electron chi connectivity index (χ2n) is 9.66. The highest BCUT2D eigenvalue weighted by Crippen LogP contribution is 2.32. The Morgan fingerprint density at radius 2 is 1.74 bits per heavy atom. The molecule has 184 valence electrons. The summed E-state index contributed by atoms with van der Waals surface area (Å²) in [5, 5.41) is 0. The van der Waals surface area contributed by atoms with Gasteiger partial charge in [0.1, 0.15) is 19.0 Å². The number of likely N-dealkylation sites (tertiary alicyclic amines) is 1. The highest BCUT2D eigenvalue weighted by Gasteiger charge is 2.32. The van der Waals surface area contributed by atoms with Crippen molar-refractivity contribution < 1.29 is 18.7 Å². The van der Waals surface area contributed by atoms with E-state index >= 15 is 0 Å². The van der Waals surface area contributed by atoms with E-state index in [9.17, 15) is 4.79 Å². The van der Waals surface area contributed by atoms with Crippen LogP contribution in [0.25, 0.3) is 0 Å². The molecule has 2 aromatic carbocycles. The maximum Gasteiger partial charge on any atom is 0.257 e. The van der Waals surface area contributed by atoms with Gasteiger partial charge in [0, 0.05) is 19.6 Å². The molecular weight excluding hydrogens is 440 g/mol. The number of hydrogen-bond donors (Lipinski definition) is 0. The van der Waals surface area contributed by atoms with Crippen LogP contribution in [0.15, 0.2) is 65.3 Å². The highest BCUT2D eigenvalue weighted by molar-refractivity contribution is 5.95. The molecule has 1 aromatic heterocycles. The van der Waals surface area contributed by atoms with E-state index in [1.807, 2.05) is 31.0 Å². The molecule has 1 fully saturated rings. The van der Waals surface area contributed by atoms with Crippen LogP contribution in [0.2, 0.25) is 0 Å². The van der Waals surface area contributed by atoms with Crippen molar-refractivity contribution in [3.63, 3.8) is 0 Å². The summed E-state index contributed by atoms with van der Waals surface area (Å²) in [6.45, 7) is 5.99. The third-order valence-corrected chi connectivity index (χ3v) is 7.38. The number of amides is 1. The highest BCUT2D eigenvalue weighted by atomic mass is 16.6. The van der Waals surface area contributed by atoms with Crippen LogP contribution in [0.1, 0.15) is 40.1 Å². The standard InChI is InChI=1S/C29H34N2O4/c1-21-25(12-15-33-21)29(32)30(2)26(18-22-6-4-3-5-7-22)24-10-13-31(14-11-24)20-23-8-9-27-28(19-23)35-17-16-34-27/h3-9,12,15,19,24,26H,10-11,13-14,16-18,20H2,1-2H3/t26-/m0/s1. The minimum Gasteiger partial charge on any atom is -0.486 e. The topological polar surface area (TPSA) is 55.2 Å². The lowest BCUT2D eigenvalue weighted by atomic mass is 9.84. The summed E-state index contributed by atoms with van der Waals surface area (Å²) in [4.78, 5) is 17.8. The lowest BCUT2D eigenvalue weighted by molar-refractivity contribution is 0.0583. The zero-order chi connectivity index (χ0) is 24.2. The van der Waals surface area contributed by atoms with Crippen LogP contribution in [0.5, 0.6) is 11.5 Å². The van der Waals surface area contributed by atoms with E-state index in [0.29, 0.717) is 30.5 Å². The summed E-state index contributed by atoms with van der Waals surface area (Å²) in [6, 6.07) is 18.7. The molecule has 3 aromatic rings. The van der Waals surface area contributed by atoms with Crippen LogP contribution in [-0.2, 0) is 13.0 Å². The van der Waals surface area contributed by atoms with Gasteiger partial charge in [0.25, 0.3) is 5.91 Å². The van der Waals surface area contributed by atoms with Gasteiger partial charge in [0.15, 0.2) is 11.5 Å². The van der Waals surface area contributed by atoms with Crippen LogP contribution in [-0.4, -0.2) is 55.1 Å². The number of hydrogen-bond acceptors (Lipinski definition) is 5. The lowest BCUT2D eigenvalue weighted by Crippen LogP contribution is -2.47. The number of nitrogens with zero attached hydrogens (tertiary/aromatic N) is 2. The second kappa shape index (κ2) is 10.6. The average molecular weight is 475 g/mol. The van der Waals surface area contributed by atoms with Crippen molar-refractivity contribution in [2.45, 2.75) is 38.8 Å². The van der Waals surface area contributed by atoms with Crippen molar-refractivity contribution in [2.75, 3.05) is 33.4 Å². The van der Waals surface area contributed by atoms with Gasteiger partial charge in [-0.25, -0.2) is 0 Å². The van der Waals surface area contributed by atoms with Crippen molar-refractivity contribution in [1.82, 2.24) is 9.80 Å². The molecule has 1 amide bonds. The molecule has 2 aliphatic heterocycles. The summed E-state index contributed by atoms with van der Waals surface area (Å²) in [7, 11) is 1.95. The molecule has 0 radical (unpaired) electrons. The van der Waals surface area contributed by atoms with Gasteiger partial charge in [0.05, 0.1) is 11.8 Å². The smallest absolute Gasteiger partial charge is 0.257 e. The molecule has 6 nitrogen and oxygen atoms in total. The van der Waals surface area contributed by atoms with Gasteiger partial charge in [-0.3, -0.25) is 9.69 Å². The first-order valence-corrected chi connectivity index (χ1v) is 12.5. The quantitative estimate of drug-likeness (QED) is 0.485. The van der Waals surface area contributed by atoms with Crippen molar-refractivity contribution in [3.8, 4) is 11.5 Å². The van der Waals surface area contributed by atoms with E-state index in [-0.39, 0.29) is 11.9 Å². The number of fused-ring (bicyclic) bond motifs is 1. The molecular formula is C29H34N2O4. The fourth-order valence-corrected chi connectivity index (χ4v) is 5.36. The largest absolute Gasteiger partial charge is 0.486 e. The van der Waals surface area contributed by atoms with E-state index < -0.39 is 0 Å². The molecule has 2 aliphatic rings. The van der Waals surface area contributed by atoms with Crippen LogP contribution in [0.3, 0.4) is 0 Å². The molecule has 0 N–H and O–H groups in total. The Bertz CT molecular complexity index is 1130. The summed E-state index contributed by atoms with van der Waals surface area (Å²) in [5.74, 6) is 2.84. The number of carbonyl (C=O) groups is 1. The molecule has 0 saturated carbocycles. The number of likely N-dealkylation sites (N-methyl/N-ethyl adjacent to an activating group) is 1. The zero-order valence-corrected chi connectivity index (χ0v) is 20.6. The number of carbonyl (C=O) groups excluding carboxylic acids is 1. The number of rotatable bonds is 7. The van der Waals surface area contributed by atoms with Gasteiger partial charge in [-0.2, -0.15) is 0 Å². The number of piperidine rings is 1. The Kier molecular flexibility index (Phi) is 7.09. The molecule has 0 bridgehead atoms. The predicted molar refractivity (Wildman–Crippen MR) is 135 cm³/mol.